The van der Waals surface area contributed by atoms with Crippen molar-refractivity contribution >= 4 is 11.6 Å². The molecule has 2 atom stereocenters. The third-order valence-electron chi connectivity index (χ3n) is 6.21. The number of ether oxygens (including phenoxy) is 1. The van der Waals surface area contributed by atoms with E-state index in [1.807, 2.05) is 61.5 Å². The Kier molecular flexibility index (Phi) is 8.64. The van der Waals surface area contributed by atoms with E-state index in [2.05, 4.69) is 0 Å². The van der Waals surface area contributed by atoms with Gasteiger partial charge in [-0.3, -0.25) is 4.79 Å². The maximum absolute atomic E-state index is 13.1. The van der Waals surface area contributed by atoms with Crippen molar-refractivity contribution in [3.05, 3.63) is 131 Å². The van der Waals surface area contributed by atoms with Crippen molar-refractivity contribution in [2.75, 3.05) is 4.90 Å². The molecule has 1 N–H and O–H groups in total. The van der Waals surface area contributed by atoms with Crippen LogP contribution in [0.1, 0.15) is 48.6 Å². The summed E-state index contributed by atoms with van der Waals surface area (Å²) in [5.74, 6) is 0.262. The van der Waals surface area contributed by atoms with Crippen molar-refractivity contribution in [2.24, 2.45) is 0 Å². The van der Waals surface area contributed by atoms with Crippen LogP contribution >= 0.6 is 0 Å². The highest BCUT2D eigenvalue weighted by Gasteiger charge is 2.38. The summed E-state index contributed by atoms with van der Waals surface area (Å²) in [6, 6.07) is 29.7. The smallest absolute Gasteiger partial charge is 0.230 e. The van der Waals surface area contributed by atoms with Gasteiger partial charge in [0.05, 0.1) is 18.6 Å². The van der Waals surface area contributed by atoms with Gasteiger partial charge < -0.3 is 14.7 Å². The molecular formula is C31H29F2NO3. The predicted molar refractivity (Wildman–Crippen MR) is 140 cm³/mol. The van der Waals surface area contributed by atoms with Crippen LogP contribution in [0.5, 0.6) is 5.75 Å². The first kappa shape index (κ1) is 26.0. The third kappa shape index (κ3) is 6.80. The molecule has 1 heterocycles. The number of halogens is 2. The first-order valence-electron chi connectivity index (χ1n) is 12.2. The Bertz CT molecular complexity index is 1280. The Hall–Kier alpha value is -4.03. The molecule has 0 aliphatic carbocycles. The van der Waals surface area contributed by atoms with Gasteiger partial charge in [-0.05, 0) is 71.6 Å². The Morgan fingerprint density at radius 1 is 0.865 bits per heavy atom. The number of hydrogen-bond donors (Lipinski definition) is 1. The number of anilines is 1. The summed E-state index contributed by atoms with van der Waals surface area (Å²) >= 11 is 0. The highest BCUT2D eigenvalue weighted by atomic mass is 19.1. The Balaban J connectivity index is 0.000000245. The lowest BCUT2D eigenvalue weighted by Gasteiger charge is -2.40. The zero-order valence-corrected chi connectivity index (χ0v) is 20.6. The zero-order valence-electron chi connectivity index (χ0n) is 20.6. The van der Waals surface area contributed by atoms with E-state index >= 15 is 0 Å². The lowest BCUT2D eigenvalue weighted by molar-refractivity contribution is -0.124. The number of aliphatic hydroxyl groups is 1. The van der Waals surface area contributed by atoms with Crippen LogP contribution < -0.4 is 9.64 Å². The number of amides is 1. The Labute approximate surface area is 215 Å². The minimum absolute atomic E-state index is 0.0175. The van der Waals surface area contributed by atoms with Crippen LogP contribution in [0.2, 0.25) is 0 Å². The van der Waals surface area contributed by atoms with Gasteiger partial charge in [0, 0.05) is 5.69 Å². The number of benzene rings is 4. The van der Waals surface area contributed by atoms with Crippen molar-refractivity contribution in [3.8, 4) is 5.75 Å². The number of nitrogens with zero attached hydrogens (tertiary/aromatic N) is 1. The van der Waals surface area contributed by atoms with Gasteiger partial charge in [0.15, 0.2) is 0 Å². The monoisotopic (exact) mass is 501 g/mol. The van der Waals surface area contributed by atoms with E-state index in [1.165, 1.54) is 24.3 Å². The van der Waals surface area contributed by atoms with Crippen LogP contribution in [0.4, 0.5) is 14.5 Å². The average Bonchev–Trinajstić information content (AvgIpc) is 2.93. The molecule has 4 nitrogen and oxygen atoms in total. The summed E-state index contributed by atoms with van der Waals surface area (Å²) < 4.78 is 31.3. The van der Waals surface area contributed by atoms with Crippen LogP contribution in [0, 0.1) is 11.6 Å². The summed E-state index contributed by atoms with van der Waals surface area (Å²) in [4.78, 5) is 13.7. The van der Waals surface area contributed by atoms with Crippen LogP contribution in [0.3, 0.4) is 0 Å². The standard InChI is InChI=1S/C22H18FNO2.C9H11FO/c23-18-8-10-19(11-9-18)24-21(14-22(24)25)17-6-12-20(13-7-17)26-15-16-4-2-1-3-5-16;1-2-9(11)7-3-5-8(10)6-4-7/h1-13,21H,14-15H2;3-6,9,11H,2H2,1H3. The van der Waals surface area contributed by atoms with E-state index in [4.69, 9.17) is 4.74 Å². The summed E-state index contributed by atoms with van der Waals surface area (Å²) in [5.41, 5.74) is 3.65. The molecule has 0 aromatic heterocycles. The molecule has 1 aliphatic heterocycles. The average molecular weight is 502 g/mol. The minimum atomic E-state index is -0.462. The van der Waals surface area contributed by atoms with Gasteiger partial charge in [-0.25, -0.2) is 8.78 Å². The number of β-lactam (4-membered cyclic amide) rings is 1. The van der Waals surface area contributed by atoms with Gasteiger partial charge in [0.25, 0.3) is 0 Å². The molecule has 0 bridgehead atoms. The second kappa shape index (κ2) is 12.3. The summed E-state index contributed by atoms with van der Waals surface area (Å²) in [7, 11) is 0. The third-order valence-corrected chi connectivity index (χ3v) is 6.21. The molecule has 4 aromatic carbocycles. The molecule has 1 fully saturated rings. The van der Waals surface area contributed by atoms with Crippen LogP contribution in [-0.4, -0.2) is 11.0 Å². The van der Waals surface area contributed by atoms with E-state index in [0.29, 0.717) is 19.4 Å². The van der Waals surface area contributed by atoms with Gasteiger partial charge in [-0.1, -0.05) is 61.5 Å². The molecule has 0 spiro atoms. The van der Waals surface area contributed by atoms with E-state index < -0.39 is 6.10 Å². The van der Waals surface area contributed by atoms with Gasteiger partial charge in [0.1, 0.15) is 24.0 Å². The molecule has 1 amide bonds. The van der Waals surface area contributed by atoms with Crippen molar-refractivity contribution in [1.82, 2.24) is 0 Å². The van der Waals surface area contributed by atoms with Crippen molar-refractivity contribution < 1.29 is 23.4 Å². The second-order valence-corrected chi connectivity index (χ2v) is 8.78. The molecular weight excluding hydrogens is 472 g/mol. The van der Waals surface area contributed by atoms with Crippen molar-refractivity contribution in [2.45, 2.75) is 38.5 Å². The fourth-order valence-corrected chi connectivity index (χ4v) is 4.06. The summed E-state index contributed by atoms with van der Waals surface area (Å²) in [6.45, 7) is 2.40. The Morgan fingerprint density at radius 3 is 2.03 bits per heavy atom. The number of rotatable bonds is 7. The molecule has 4 aromatic rings. The molecule has 1 saturated heterocycles. The number of hydrogen-bond acceptors (Lipinski definition) is 3. The van der Waals surface area contributed by atoms with E-state index in [9.17, 15) is 18.7 Å². The zero-order chi connectivity index (χ0) is 26.2. The fourth-order valence-electron chi connectivity index (χ4n) is 4.06. The number of carbonyl (C=O) groups excluding carboxylic acids is 1. The van der Waals surface area contributed by atoms with E-state index in [0.717, 1.165) is 28.1 Å². The normalized spacial score (nSPS) is 15.3. The molecule has 1 aliphatic rings. The first-order chi connectivity index (χ1) is 17.9. The minimum Gasteiger partial charge on any atom is -0.489 e. The summed E-state index contributed by atoms with van der Waals surface area (Å²) in [6.07, 6.45) is 0.656. The lowest BCUT2D eigenvalue weighted by Crippen LogP contribution is -2.46. The molecule has 37 heavy (non-hydrogen) atoms. The SMILES string of the molecule is CCC(O)c1ccc(F)cc1.O=C1CC(c2ccc(OCc3ccccc3)cc2)N1c1ccc(F)cc1. The maximum Gasteiger partial charge on any atom is 0.230 e. The van der Waals surface area contributed by atoms with Gasteiger partial charge in [-0.15, -0.1) is 0 Å². The summed E-state index contributed by atoms with van der Waals surface area (Å²) in [5, 5.41) is 9.30. The second-order valence-electron chi connectivity index (χ2n) is 8.78. The largest absolute Gasteiger partial charge is 0.489 e. The van der Waals surface area contributed by atoms with E-state index in [-0.39, 0.29) is 23.6 Å². The van der Waals surface area contributed by atoms with Crippen LogP contribution in [0.25, 0.3) is 0 Å². The highest BCUT2D eigenvalue weighted by molar-refractivity contribution is 6.01. The lowest BCUT2D eigenvalue weighted by atomic mass is 9.93. The van der Waals surface area contributed by atoms with Gasteiger partial charge >= 0.3 is 0 Å². The molecule has 6 heteroatoms. The van der Waals surface area contributed by atoms with Crippen molar-refractivity contribution in [3.63, 3.8) is 0 Å². The topological polar surface area (TPSA) is 49.8 Å². The van der Waals surface area contributed by atoms with Gasteiger partial charge in [-0.2, -0.15) is 0 Å². The fraction of sp³-hybridized carbons (Fsp3) is 0.194. The molecule has 0 radical (unpaired) electrons. The predicted octanol–water partition coefficient (Wildman–Crippen LogP) is 7.15. The maximum atomic E-state index is 13.1. The Morgan fingerprint density at radius 2 is 1.46 bits per heavy atom. The quantitative estimate of drug-likeness (QED) is 0.274. The van der Waals surface area contributed by atoms with Gasteiger partial charge in [0.2, 0.25) is 5.91 Å². The van der Waals surface area contributed by atoms with E-state index in [1.54, 1.807) is 29.2 Å². The molecule has 2 unspecified atom stereocenters. The van der Waals surface area contributed by atoms with Crippen LogP contribution in [-0.2, 0) is 11.4 Å². The highest BCUT2D eigenvalue weighted by Crippen LogP contribution is 2.39. The first-order valence-corrected chi connectivity index (χ1v) is 12.2. The van der Waals surface area contributed by atoms with Crippen molar-refractivity contribution in [1.29, 1.82) is 0 Å². The molecule has 190 valence electrons. The molecule has 0 saturated carbocycles. The number of aliphatic hydroxyl groups excluding tert-OH is 1. The molecule has 5 rings (SSSR count). The van der Waals surface area contributed by atoms with Crippen LogP contribution in [0.15, 0.2) is 103 Å². The number of carbonyl (C=O) groups is 1.